The Kier molecular flexibility index (Phi) is 3.17. The summed E-state index contributed by atoms with van der Waals surface area (Å²) in [7, 11) is 0. The zero-order valence-electron chi connectivity index (χ0n) is 11.0. The highest BCUT2D eigenvalue weighted by atomic mass is 16.5. The van der Waals surface area contributed by atoms with Crippen LogP contribution in [-0.4, -0.2) is 10.8 Å². The molecule has 0 bridgehead atoms. The van der Waals surface area contributed by atoms with Gasteiger partial charge < -0.3 is 4.74 Å². The zero-order valence-corrected chi connectivity index (χ0v) is 11.0. The molecule has 3 heteroatoms. The van der Waals surface area contributed by atoms with E-state index in [1.54, 1.807) is 12.1 Å². The molecule has 2 aromatic carbocycles. The first-order valence-corrected chi connectivity index (χ1v) is 6.36. The summed E-state index contributed by atoms with van der Waals surface area (Å²) in [6, 6.07) is 17.3. The molecule has 0 atom stereocenters. The van der Waals surface area contributed by atoms with Gasteiger partial charge in [0, 0.05) is 23.2 Å². The van der Waals surface area contributed by atoms with Gasteiger partial charge in [-0.15, -0.1) is 0 Å². The van der Waals surface area contributed by atoms with Crippen molar-refractivity contribution in [1.29, 1.82) is 0 Å². The van der Waals surface area contributed by atoms with Crippen LogP contribution in [0.4, 0.5) is 0 Å². The fourth-order valence-corrected chi connectivity index (χ4v) is 2.05. The van der Waals surface area contributed by atoms with Crippen molar-refractivity contribution in [3.63, 3.8) is 0 Å². The number of carbonyl (C=O) groups is 1. The lowest BCUT2D eigenvalue weighted by Crippen LogP contribution is -1.94. The lowest BCUT2D eigenvalue weighted by molar-refractivity contribution is 0.101. The topological polar surface area (TPSA) is 39.2 Å². The van der Waals surface area contributed by atoms with Crippen LogP contribution >= 0.6 is 0 Å². The number of rotatable bonds is 3. The Bertz CT molecular complexity index is 758. The Balaban J connectivity index is 1.95. The van der Waals surface area contributed by atoms with Crippen LogP contribution in [0.3, 0.4) is 0 Å². The molecule has 0 unspecified atom stereocenters. The van der Waals surface area contributed by atoms with Crippen LogP contribution in [0, 0.1) is 0 Å². The number of hydrogen-bond acceptors (Lipinski definition) is 3. The van der Waals surface area contributed by atoms with Crippen LogP contribution in [-0.2, 0) is 0 Å². The molecule has 3 nitrogen and oxygen atoms in total. The molecular weight excluding hydrogens is 250 g/mol. The van der Waals surface area contributed by atoms with Crippen molar-refractivity contribution in [2.75, 3.05) is 0 Å². The average Bonchev–Trinajstić information content (AvgIpc) is 2.48. The summed E-state index contributed by atoms with van der Waals surface area (Å²) in [5.41, 5.74) is 0.579. The molecule has 1 heterocycles. The summed E-state index contributed by atoms with van der Waals surface area (Å²) in [4.78, 5) is 15.4. The van der Waals surface area contributed by atoms with E-state index in [0.717, 1.165) is 16.5 Å². The van der Waals surface area contributed by atoms with E-state index in [-0.39, 0.29) is 5.78 Å². The van der Waals surface area contributed by atoms with Gasteiger partial charge in [-0.3, -0.25) is 4.79 Å². The lowest BCUT2D eigenvalue weighted by atomic mass is 10.1. The minimum Gasteiger partial charge on any atom is -0.438 e. The number of carbonyl (C=O) groups excluding carboxylic acids is 1. The largest absolute Gasteiger partial charge is 0.438 e. The monoisotopic (exact) mass is 263 g/mol. The van der Waals surface area contributed by atoms with Crippen molar-refractivity contribution in [3.05, 3.63) is 66.4 Å². The Morgan fingerprint density at radius 2 is 1.80 bits per heavy atom. The number of nitrogens with zero attached hydrogens (tertiary/aromatic N) is 1. The standard InChI is InChI=1S/C17H13NO2/c1-12(19)14-9-10-17(18-11-14)20-16-8-4-6-13-5-2-3-7-15(13)16/h2-11H,1H3. The van der Waals surface area contributed by atoms with Gasteiger partial charge in [-0.25, -0.2) is 4.98 Å². The molecule has 0 aliphatic carbocycles. The van der Waals surface area contributed by atoms with Gasteiger partial charge in [-0.2, -0.15) is 0 Å². The number of Topliss-reactive ketones (excluding diaryl/α,β-unsaturated/α-hetero) is 1. The third-order valence-corrected chi connectivity index (χ3v) is 3.11. The maximum Gasteiger partial charge on any atom is 0.219 e. The van der Waals surface area contributed by atoms with Crippen LogP contribution in [0.2, 0.25) is 0 Å². The Morgan fingerprint density at radius 1 is 1.00 bits per heavy atom. The smallest absolute Gasteiger partial charge is 0.219 e. The summed E-state index contributed by atoms with van der Waals surface area (Å²) < 4.78 is 5.80. The van der Waals surface area contributed by atoms with Crippen molar-refractivity contribution in [3.8, 4) is 11.6 Å². The Hall–Kier alpha value is -2.68. The van der Waals surface area contributed by atoms with E-state index in [4.69, 9.17) is 4.74 Å². The quantitative estimate of drug-likeness (QED) is 0.664. The molecule has 0 aliphatic rings. The number of hydrogen-bond donors (Lipinski definition) is 0. The van der Waals surface area contributed by atoms with Crippen LogP contribution in [0.25, 0.3) is 10.8 Å². The zero-order chi connectivity index (χ0) is 13.9. The fourth-order valence-electron chi connectivity index (χ4n) is 2.05. The van der Waals surface area contributed by atoms with E-state index in [1.165, 1.54) is 13.1 Å². The minimum atomic E-state index is -0.00536. The van der Waals surface area contributed by atoms with E-state index < -0.39 is 0 Å². The number of fused-ring (bicyclic) bond motifs is 1. The Labute approximate surface area is 116 Å². The highest BCUT2D eigenvalue weighted by molar-refractivity contribution is 5.93. The number of ketones is 1. The molecule has 0 fully saturated rings. The predicted octanol–water partition coefficient (Wildman–Crippen LogP) is 4.23. The minimum absolute atomic E-state index is 0.00536. The van der Waals surface area contributed by atoms with Crippen molar-refractivity contribution < 1.29 is 9.53 Å². The molecular formula is C17H13NO2. The summed E-state index contributed by atoms with van der Waals surface area (Å²) in [6.45, 7) is 1.52. The fraction of sp³-hybridized carbons (Fsp3) is 0.0588. The maximum atomic E-state index is 11.2. The van der Waals surface area contributed by atoms with E-state index in [9.17, 15) is 4.79 Å². The molecule has 0 saturated heterocycles. The first kappa shape index (κ1) is 12.4. The lowest BCUT2D eigenvalue weighted by Gasteiger charge is -2.08. The first-order valence-electron chi connectivity index (χ1n) is 6.36. The number of ether oxygens (including phenoxy) is 1. The normalized spacial score (nSPS) is 10.4. The number of aromatic nitrogens is 1. The van der Waals surface area contributed by atoms with Gasteiger partial charge in [0.2, 0.25) is 5.88 Å². The van der Waals surface area contributed by atoms with Crippen LogP contribution < -0.4 is 4.74 Å². The van der Waals surface area contributed by atoms with Gasteiger partial charge in [0.05, 0.1) is 0 Å². The van der Waals surface area contributed by atoms with Gasteiger partial charge in [0.1, 0.15) is 5.75 Å². The van der Waals surface area contributed by atoms with E-state index in [2.05, 4.69) is 4.98 Å². The molecule has 0 N–H and O–H groups in total. The van der Waals surface area contributed by atoms with Crippen LogP contribution in [0.15, 0.2) is 60.8 Å². The first-order chi connectivity index (χ1) is 9.74. The molecule has 0 radical (unpaired) electrons. The highest BCUT2D eigenvalue weighted by Gasteiger charge is 2.05. The van der Waals surface area contributed by atoms with Crippen molar-refractivity contribution in [2.45, 2.75) is 6.92 Å². The van der Waals surface area contributed by atoms with Crippen LogP contribution in [0.1, 0.15) is 17.3 Å². The second-order valence-electron chi connectivity index (χ2n) is 4.52. The maximum absolute atomic E-state index is 11.2. The summed E-state index contributed by atoms with van der Waals surface area (Å²) in [5.74, 6) is 1.23. The summed E-state index contributed by atoms with van der Waals surface area (Å²) in [6.07, 6.45) is 1.53. The van der Waals surface area contributed by atoms with Gasteiger partial charge in [-0.1, -0.05) is 36.4 Å². The summed E-state index contributed by atoms with van der Waals surface area (Å²) >= 11 is 0. The van der Waals surface area contributed by atoms with E-state index in [1.807, 2.05) is 42.5 Å². The number of benzene rings is 2. The summed E-state index contributed by atoms with van der Waals surface area (Å²) in [5, 5.41) is 2.15. The van der Waals surface area contributed by atoms with Crippen LogP contribution in [0.5, 0.6) is 11.6 Å². The van der Waals surface area contributed by atoms with Crippen molar-refractivity contribution in [1.82, 2.24) is 4.98 Å². The average molecular weight is 263 g/mol. The molecule has 0 saturated carbocycles. The predicted molar refractivity (Wildman–Crippen MR) is 78.3 cm³/mol. The molecule has 0 aliphatic heterocycles. The van der Waals surface area contributed by atoms with Gasteiger partial charge in [0.15, 0.2) is 5.78 Å². The molecule has 1 aromatic heterocycles. The van der Waals surface area contributed by atoms with Gasteiger partial charge in [-0.05, 0) is 24.4 Å². The number of pyridine rings is 1. The second-order valence-corrected chi connectivity index (χ2v) is 4.52. The molecule has 3 aromatic rings. The molecule has 98 valence electrons. The SMILES string of the molecule is CC(=O)c1ccc(Oc2cccc3ccccc23)nc1. The van der Waals surface area contributed by atoms with Gasteiger partial charge >= 0.3 is 0 Å². The molecule has 3 rings (SSSR count). The third kappa shape index (κ3) is 2.38. The molecule has 0 amide bonds. The highest BCUT2D eigenvalue weighted by Crippen LogP contribution is 2.28. The van der Waals surface area contributed by atoms with Crippen molar-refractivity contribution in [2.24, 2.45) is 0 Å². The molecule has 20 heavy (non-hydrogen) atoms. The Morgan fingerprint density at radius 3 is 2.55 bits per heavy atom. The third-order valence-electron chi connectivity index (χ3n) is 3.11. The second kappa shape index (κ2) is 5.13. The van der Waals surface area contributed by atoms with Gasteiger partial charge in [0.25, 0.3) is 0 Å². The van der Waals surface area contributed by atoms with E-state index in [0.29, 0.717) is 11.4 Å². The molecule has 0 spiro atoms. The van der Waals surface area contributed by atoms with E-state index >= 15 is 0 Å². The van der Waals surface area contributed by atoms with Crippen molar-refractivity contribution >= 4 is 16.6 Å².